The zero-order chi connectivity index (χ0) is 11.9. The molecule has 1 aliphatic heterocycles. The molecule has 0 saturated carbocycles. The third-order valence-electron chi connectivity index (χ3n) is 2.25. The third-order valence-corrected chi connectivity index (χ3v) is 2.25. The molecule has 88 valence electrons. The van der Waals surface area contributed by atoms with Crippen LogP contribution in [0.2, 0.25) is 0 Å². The van der Waals surface area contributed by atoms with Gasteiger partial charge in [-0.3, -0.25) is 4.90 Å². The zero-order valence-corrected chi connectivity index (χ0v) is 9.73. The first kappa shape index (κ1) is 10.8. The van der Waals surface area contributed by atoms with Gasteiger partial charge in [-0.15, -0.1) is 0 Å². The van der Waals surface area contributed by atoms with Crippen LogP contribution >= 0.6 is 0 Å². The summed E-state index contributed by atoms with van der Waals surface area (Å²) in [5, 5.41) is 4.07. The lowest BCUT2D eigenvalue weighted by Gasteiger charge is -2.24. The van der Waals surface area contributed by atoms with Crippen LogP contribution in [-0.4, -0.2) is 26.5 Å². The van der Waals surface area contributed by atoms with E-state index in [1.807, 2.05) is 20.8 Å². The maximum atomic E-state index is 11.8. The van der Waals surface area contributed by atoms with E-state index >= 15 is 0 Å². The number of hydrogen-bond acceptors (Lipinski definition) is 4. The first-order chi connectivity index (χ1) is 7.35. The molecule has 1 aromatic heterocycles. The van der Waals surface area contributed by atoms with E-state index in [0.29, 0.717) is 13.1 Å². The third kappa shape index (κ3) is 2.10. The summed E-state index contributed by atoms with van der Waals surface area (Å²) in [6.07, 6.45) is 1.41. The second kappa shape index (κ2) is 3.40. The van der Waals surface area contributed by atoms with Gasteiger partial charge >= 0.3 is 6.09 Å². The number of carbonyl (C=O) groups is 1. The zero-order valence-electron chi connectivity index (χ0n) is 9.73. The van der Waals surface area contributed by atoms with Crippen LogP contribution in [0, 0.1) is 0 Å². The van der Waals surface area contributed by atoms with Crippen LogP contribution in [0.3, 0.4) is 0 Å². The predicted octanol–water partition coefficient (Wildman–Crippen LogP) is 0.848. The summed E-state index contributed by atoms with van der Waals surface area (Å²) < 4.78 is 5.27. The molecule has 2 N–H and O–H groups in total. The molecule has 0 bridgehead atoms. The molecular weight excluding hydrogens is 208 g/mol. The molecule has 1 aromatic rings. The van der Waals surface area contributed by atoms with Gasteiger partial charge in [0.05, 0.1) is 25.0 Å². The Labute approximate surface area is 93.9 Å². The Bertz CT molecular complexity index is 395. The second-order valence-corrected chi connectivity index (χ2v) is 4.92. The maximum Gasteiger partial charge on any atom is 0.410 e. The van der Waals surface area contributed by atoms with Gasteiger partial charge in [0.25, 0.3) is 0 Å². The quantitative estimate of drug-likeness (QED) is 0.663. The molecular formula is C10H16N4O2. The Morgan fingerprint density at radius 3 is 2.75 bits per heavy atom. The van der Waals surface area contributed by atoms with Crippen LogP contribution in [0.15, 0.2) is 6.20 Å². The fraction of sp³-hybridized carbons (Fsp3) is 0.600. The van der Waals surface area contributed by atoms with Crippen molar-refractivity contribution in [3.05, 3.63) is 17.5 Å². The predicted molar refractivity (Wildman–Crippen MR) is 57.9 cm³/mol. The molecule has 0 unspecified atom stereocenters. The topological polar surface area (TPSA) is 73.4 Å². The monoisotopic (exact) mass is 224 g/mol. The number of aromatic nitrogens is 2. The molecule has 0 spiro atoms. The minimum atomic E-state index is -0.467. The smallest absolute Gasteiger partial charge is 0.410 e. The van der Waals surface area contributed by atoms with Crippen molar-refractivity contribution in [3.8, 4) is 0 Å². The van der Waals surface area contributed by atoms with Crippen LogP contribution in [0.4, 0.5) is 4.79 Å². The van der Waals surface area contributed by atoms with Gasteiger partial charge in [-0.2, -0.15) is 9.89 Å². The van der Waals surface area contributed by atoms with Crippen molar-refractivity contribution < 1.29 is 9.53 Å². The van der Waals surface area contributed by atoms with E-state index in [1.165, 1.54) is 4.79 Å². The largest absolute Gasteiger partial charge is 0.444 e. The molecule has 0 aromatic carbocycles. The number of nitrogen functional groups attached to an aromatic ring is 1. The molecule has 1 amide bonds. The van der Waals surface area contributed by atoms with E-state index < -0.39 is 5.60 Å². The number of ether oxygens (including phenoxy) is 1. The van der Waals surface area contributed by atoms with Crippen molar-refractivity contribution in [1.82, 2.24) is 14.8 Å². The van der Waals surface area contributed by atoms with E-state index in [2.05, 4.69) is 5.10 Å². The van der Waals surface area contributed by atoms with Crippen LogP contribution < -0.4 is 5.84 Å². The van der Waals surface area contributed by atoms with Crippen molar-refractivity contribution in [1.29, 1.82) is 0 Å². The second-order valence-electron chi connectivity index (χ2n) is 4.92. The van der Waals surface area contributed by atoms with Crippen molar-refractivity contribution >= 4 is 6.09 Å². The number of rotatable bonds is 0. The number of carbonyl (C=O) groups excluding carboxylic acids is 1. The van der Waals surface area contributed by atoms with Gasteiger partial charge in [-0.25, -0.2) is 4.79 Å². The van der Waals surface area contributed by atoms with E-state index in [1.54, 1.807) is 11.1 Å². The minimum absolute atomic E-state index is 0.311. The number of nitrogens with zero attached hydrogens (tertiary/aromatic N) is 3. The van der Waals surface area contributed by atoms with Crippen molar-refractivity contribution in [3.63, 3.8) is 0 Å². The molecule has 2 rings (SSSR count). The summed E-state index contributed by atoms with van der Waals surface area (Å²) in [6, 6.07) is 0. The molecule has 0 aliphatic carbocycles. The van der Waals surface area contributed by atoms with Crippen molar-refractivity contribution in [2.75, 3.05) is 5.84 Å². The Hall–Kier alpha value is -1.72. The summed E-state index contributed by atoms with van der Waals surface area (Å²) in [7, 11) is 0. The number of fused-ring (bicyclic) bond motifs is 1. The van der Waals surface area contributed by atoms with Gasteiger partial charge in [-0.05, 0) is 20.8 Å². The molecule has 0 saturated heterocycles. The van der Waals surface area contributed by atoms with Gasteiger partial charge in [0.15, 0.2) is 0 Å². The van der Waals surface area contributed by atoms with Gasteiger partial charge in [-0.1, -0.05) is 0 Å². The molecule has 6 heteroatoms. The van der Waals surface area contributed by atoms with E-state index in [9.17, 15) is 4.79 Å². The standard InChI is InChI=1S/C10H16N4O2/c1-10(2,3)16-9(15)13-4-7-5-14(11)12-8(7)6-13/h5H,4,6,11H2,1-3H3. The molecule has 1 aliphatic rings. The Kier molecular flexibility index (Phi) is 2.29. The molecule has 2 heterocycles. The first-order valence-corrected chi connectivity index (χ1v) is 5.15. The molecule has 16 heavy (non-hydrogen) atoms. The SMILES string of the molecule is CC(C)(C)OC(=O)N1Cc2cn(N)nc2C1. The van der Waals surface area contributed by atoms with Crippen LogP contribution in [0.25, 0.3) is 0 Å². The number of hydrogen-bond donors (Lipinski definition) is 1. The first-order valence-electron chi connectivity index (χ1n) is 5.15. The highest BCUT2D eigenvalue weighted by Crippen LogP contribution is 2.22. The lowest BCUT2D eigenvalue weighted by molar-refractivity contribution is 0.0239. The Morgan fingerprint density at radius 2 is 2.19 bits per heavy atom. The summed E-state index contributed by atoms with van der Waals surface area (Å²) in [6.45, 7) is 6.52. The molecule has 0 atom stereocenters. The van der Waals surface area contributed by atoms with Crippen LogP contribution in [-0.2, 0) is 17.8 Å². The average molecular weight is 224 g/mol. The van der Waals surface area contributed by atoms with Crippen LogP contribution in [0.1, 0.15) is 32.0 Å². The maximum absolute atomic E-state index is 11.8. The normalized spacial score (nSPS) is 15.1. The lowest BCUT2D eigenvalue weighted by Crippen LogP contribution is -2.33. The highest BCUT2D eigenvalue weighted by Gasteiger charge is 2.29. The molecule has 0 fully saturated rings. The minimum Gasteiger partial charge on any atom is -0.444 e. The molecule has 0 radical (unpaired) electrons. The fourth-order valence-electron chi connectivity index (χ4n) is 1.63. The van der Waals surface area contributed by atoms with Crippen molar-refractivity contribution in [2.45, 2.75) is 39.5 Å². The number of nitrogens with two attached hydrogens (primary N) is 1. The highest BCUT2D eigenvalue weighted by molar-refractivity contribution is 5.69. The van der Waals surface area contributed by atoms with Gasteiger partial charge in [0.1, 0.15) is 5.60 Å². The summed E-state index contributed by atoms with van der Waals surface area (Å²) in [5.41, 5.74) is 1.35. The van der Waals surface area contributed by atoms with E-state index in [0.717, 1.165) is 11.3 Å². The van der Waals surface area contributed by atoms with E-state index in [4.69, 9.17) is 10.6 Å². The molecule has 6 nitrogen and oxygen atoms in total. The van der Waals surface area contributed by atoms with Crippen molar-refractivity contribution in [2.24, 2.45) is 0 Å². The lowest BCUT2D eigenvalue weighted by atomic mass is 10.2. The Balaban J connectivity index is 2.01. The van der Waals surface area contributed by atoms with E-state index in [-0.39, 0.29) is 6.09 Å². The summed E-state index contributed by atoms with van der Waals surface area (Å²) in [4.78, 5) is 14.6. The average Bonchev–Trinajstić information content (AvgIpc) is 2.56. The van der Waals surface area contributed by atoms with Gasteiger partial charge in [0, 0.05) is 5.56 Å². The summed E-state index contributed by atoms with van der Waals surface area (Å²) in [5.74, 6) is 5.48. The van der Waals surface area contributed by atoms with Gasteiger partial charge in [0.2, 0.25) is 0 Å². The summed E-state index contributed by atoms with van der Waals surface area (Å²) >= 11 is 0. The Morgan fingerprint density at radius 1 is 1.50 bits per heavy atom. The highest BCUT2D eigenvalue weighted by atomic mass is 16.6. The fourth-order valence-corrected chi connectivity index (χ4v) is 1.63. The van der Waals surface area contributed by atoms with Crippen LogP contribution in [0.5, 0.6) is 0 Å². The van der Waals surface area contributed by atoms with Gasteiger partial charge < -0.3 is 10.6 Å². The number of amides is 1.